The van der Waals surface area contributed by atoms with Crippen LogP contribution in [0.4, 0.5) is 5.69 Å². The van der Waals surface area contributed by atoms with Gasteiger partial charge in [-0.1, -0.05) is 83.9 Å². The van der Waals surface area contributed by atoms with Crippen molar-refractivity contribution in [2.24, 2.45) is 0 Å². The van der Waals surface area contributed by atoms with Gasteiger partial charge in [-0.2, -0.15) is 0 Å². The predicted octanol–water partition coefficient (Wildman–Crippen LogP) is 4.78. The number of ether oxygens (including phenoxy) is 1. The van der Waals surface area contributed by atoms with Gasteiger partial charge in [0.15, 0.2) is 0 Å². The first-order chi connectivity index (χ1) is 19.1. The SMILES string of the molecule is CCCCNC(=O)C(Cc1ccccc1)N(Cc1cccc(Br)c1)C(=O)CN(c1ccccc1OC)S(C)(=O)=O. The van der Waals surface area contributed by atoms with E-state index in [0.29, 0.717) is 12.3 Å². The van der Waals surface area contributed by atoms with Crippen molar-refractivity contribution in [3.63, 3.8) is 0 Å². The Morgan fingerprint density at radius 3 is 2.30 bits per heavy atom. The Kier molecular flexibility index (Phi) is 11.6. The van der Waals surface area contributed by atoms with Gasteiger partial charge in [-0.05, 0) is 41.8 Å². The average molecular weight is 631 g/mol. The molecule has 0 fully saturated rings. The average Bonchev–Trinajstić information content (AvgIpc) is 2.93. The highest BCUT2D eigenvalue weighted by molar-refractivity contribution is 9.10. The molecule has 1 atom stereocenters. The van der Waals surface area contributed by atoms with E-state index < -0.39 is 28.5 Å². The second-order valence-electron chi connectivity index (χ2n) is 9.44. The molecular weight excluding hydrogens is 594 g/mol. The Morgan fingerprint density at radius 1 is 0.975 bits per heavy atom. The maximum absolute atomic E-state index is 14.1. The number of para-hydroxylation sites is 2. The molecule has 0 aromatic heterocycles. The molecule has 0 saturated carbocycles. The summed E-state index contributed by atoms with van der Waals surface area (Å²) in [7, 11) is -2.44. The highest BCUT2D eigenvalue weighted by Gasteiger charge is 2.33. The van der Waals surface area contributed by atoms with Crippen molar-refractivity contribution in [3.05, 3.63) is 94.5 Å². The van der Waals surface area contributed by atoms with E-state index in [9.17, 15) is 18.0 Å². The second-order valence-corrected chi connectivity index (χ2v) is 12.3. The number of unbranched alkanes of at least 4 members (excludes halogenated alkanes) is 1. The third kappa shape index (κ3) is 8.82. The van der Waals surface area contributed by atoms with E-state index in [1.165, 1.54) is 12.0 Å². The Labute approximate surface area is 245 Å². The van der Waals surface area contributed by atoms with E-state index in [0.717, 1.165) is 39.0 Å². The number of methoxy groups -OCH3 is 1. The summed E-state index contributed by atoms with van der Waals surface area (Å²) < 4.78 is 33.1. The molecular formula is C30H36BrN3O5S. The molecule has 0 saturated heterocycles. The van der Waals surface area contributed by atoms with Crippen molar-refractivity contribution in [3.8, 4) is 5.75 Å². The Hall–Kier alpha value is -3.37. The second kappa shape index (κ2) is 14.9. The smallest absolute Gasteiger partial charge is 0.244 e. The van der Waals surface area contributed by atoms with Gasteiger partial charge >= 0.3 is 0 Å². The zero-order valence-electron chi connectivity index (χ0n) is 23.0. The standard InChI is InChI=1S/C30H36BrN3O5S/c1-4-5-18-32-30(36)27(20-23-12-7-6-8-13-23)33(21-24-14-11-15-25(31)19-24)29(35)22-34(40(3,37)38)26-16-9-10-17-28(26)39-2/h6-17,19,27H,4-5,18,20-22H2,1-3H3,(H,32,36). The molecule has 0 aliphatic carbocycles. The van der Waals surface area contributed by atoms with Gasteiger partial charge in [0.05, 0.1) is 19.1 Å². The van der Waals surface area contributed by atoms with Gasteiger partial charge < -0.3 is 15.0 Å². The Morgan fingerprint density at radius 2 is 1.65 bits per heavy atom. The van der Waals surface area contributed by atoms with E-state index in [1.54, 1.807) is 24.3 Å². The first-order valence-electron chi connectivity index (χ1n) is 13.1. The number of anilines is 1. The molecule has 0 aliphatic heterocycles. The number of nitrogens with one attached hydrogen (secondary N) is 1. The molecule has 0 heterocycles. The van der Waals surface area contributed by atoms with Crippen LogP contribution in [-0.4, -0.2) is 57.6 Å². The minimum Gasteiger partial charge on any atom is -0.495 e. The lowest BCUT2D eigenvalue weighted by atomic mass is 10.0. The summed E-state index contributed by atoms with van der Waals surface area (Å²) in [5.74, 6) is -0.482. The van der Waals surface area contributed by atoms with Crippen LogP contribution in [0.15, 0.2) is 83.3 Å². The fourth-order valence-electron chi connectivity index (χ4n) is 4.32. The first-order valence-corrected chi connectivity index (χ1v) is 15.7. The summed E-state index contributed by atoms with van der Waals surface area (Å²) in [6.45, 7) is 2.13. The van der Waals surface area contributed by atoms with E-state index in [2.05, 4.69) is 21.2 Å². The fraction of sp³-hybridized carbons (Fsp3) is 0.333. The van der Waals surface area contributed by atoms with E-state index in [-0.39, 0.29) is 24.6 Å². The normalized spacial score (nSPS) is 11.9. The van der Waals surface area contributed by atoms with Gasteiger partial charge in [0.2, 0.25) is 21.8 Å². The Balaban J connectivity index is 2.05. The maximum atomic E-state index is 14.1. The summed E-state index contributed by atoms with van der Waals surface area (Å²) in [4.78, 5) is 29.2. The summed E-state index contributed by atoms with van der Waals surface area (Å²) >= 11 is 3.48. The third-order valence-electron chi connectivity index (χ3n) is 6.38. The van der Waals surface area contributed by atoms with Crippen LogP contribution in [-0.2, 0) is 32.6 Å². The number of amides is 2. The van der Waals surface area contributed by atoms with E-state index in [1.807, 2.05) is 61.5 Å². The van der Waals surface area contributed by atoms with Gasteiger partial charge in [-0.3, -0.25) is 13.9 Å². The molecule has 1 unspecified atom stereocenters. The van der Waals surface area contributed by atoms with Crippen molar-refractivity contribution < 1.29 is 22.7 Å². The van der Waals surface area contributed by atoms with Gasteiger partial charge in [-0.25, -0.2) is 8.42 Å². The molecule has 0 bridgehead atoms. The minimum atomic E-state index is -3.88. The van der Waals surface area contributed by atoms with Gasteiger partial charge in [0.1, 0.15) is 18.3 Å². The number of rotatable bonds is 14. The number of carbonyl (C=O) groups is 2. The molecule has 0 aliphatic rings. The Bertz CT molecular complexity index is 1380. The number of hydrogen-bond acceptors (Lipinski definition) is 5. The third-order valence-corrected chi connectivity index (χ3v) is 8.00. The van der Waals surface area contributed by atoms with Crippen molar-refractivity contribution in [2.45, 2.75) is 38.8 Å². The number of hydrogen-bond donors (Lipinski definition) is 1. The van der Waals surface area contributed by atoms with Crippen LogP contribution in [0.3, 0.4) is 0 Å². The van der Waals surface area contributed by atoms with Gasteiger partial charge in [0.25, 0.3) is 0 Å². The molecule has 8 nitrogen and oxygen atoms in total. The van der Waals surface area contributed by atoms with Crippen molar-refractivity contribution in [1.29, 1.82) is 0 Å². The quantitative estimate of drug-likeness (QED) is 0.259. The van der Waals surface area contributed by atoms with Crippen molar-refractivity contribution in [2.75, 3.05) is 30.8 Å². The van der Waals surface area contributed by atoms with Crippen molar-refractivity contribution in [1.82, 2.24) is 10.2 Å². The van der Waals surface area contributed by atoms with E-state index >= 15 is 0 Å². The maximum Gasteiger partial charge on any atom is 0.244 e. The fourth-order valence-corrected chi connectivity index (χ4v) is 5.62. The molecule has 0 radical (unpaired) electrons. The summed E-state index contributed by atoms with van der Waals surface area (Å²) in [6, 6.07) is 22.7. The molecule has 214 valence electrons. The monoisotopic (exact) mass is 629 g/mol. The topological polar surface area (TPSA) is 96.0 Å². The predicted molar refractivity (Wildman–Crippen MR) is 162 cm³/mol. The van der Waals surface area contributed by atoms with Crippen molar-refractivity contribution >= 4 is 43.5 Å². The molecule has 0 spiro atoms. The number of halogens is 1. The number of benzene rings is 3. The lowest BCUT2D eigenvalue weighted by Crippen LogP contribution is -2.53. The molecule has 1 N–H and O–H groups in total. The largest absolute Gasteiger partial charge is 0.495 e. The highest BCUT2D eigenvalue weighted by Crippen LogP contribution is 2.30. The van der Waals surface area contributed by atoms with Gasteiger partial charge in [-0.15, -0.1) is 0 Å². The summed E-state index contributed by atoms with van der Waals surface area (Å²) in [5, 5.41) is 2.98. The molecule has 3 rings (SSSR count). The zero-order valence-corrected chi connectivity index (χ0v) is 25.4. The number of sulfonamides is 1. The van der Waals surface area contributed by atoms with Crippen LogP contribution in [0, 0.1) is 0 Å². The van der Waals surface area contributed by atoms with Crippen LogP contribution in [0.5, 0.6) is 5.75 Å². The lowest BCUT2D eigenvalue weighted by molar-refractivity contribution is -0.140. The highest BCUT2D eigenvalue weighted by atomic mass is 79.9. The molecule has 40 heavy (non-hydrogen) atoms. The number of carbonyl (C=O) groups excluding carboxylic acids is 2. The molecule has 3 aromatic rings. The summed E-state index contributed by atoms with van der Waals surface area (Å²) in [6.07, 6.45) is 3.03. The van der Waals surface area contributed by atoms with Crippen LogP contribution >= 0.6 is 15.9 Å². The van der Waals surface area contributed by atoms with Gasteiger partial charge in [0, 0.05) is 24.0 Å². The molecule has 10 heteroatoms. The van der Waals surface area contributed by atoms with Crippen LogP contribution in [0.25, 0.3) is 0 Å². The summed E-state index contributed by atoms with van der Waals surface area (Å²) in [5.41, 5.74) is 1.93. The van der Waals surface area contributed by atoms with E-state index in [4.69, 9.17) is 4.74 Å². The first kappa shape index (κ1) is 31.2. The van der Waals surface area contributed by atoms with Crippen LogP contribution < -0.4 is 14.4 Å². The zero-order chi connectivity index (χ0) is 29.1. The molecule has 2 amide bonds. The van der Waals surface area contributed by atoms with Crippen LogP contribution in [0.1, 0.15) is 30.9 Å². The van der Waals surface area contributed by atoms with Crippen LogP contribution in [0.2, 0.25) is 0 Å². The minimum absolute atomic E-state index is 0.112. The molecule has 3 aromatic carbocycles. The lowest BCUT2D eigenvalue weighted by Gasteiger charge is -2.33. The number of nitrogens with zero attached hydrogens (tertiary/aromatic N) is 2.